The lowest BCUT2D eigenvalue weighted by Crippen LogP contribution is -2.13. The van der Waals surface area contributed by atoms with Gasteiger partial charge in [-0.25, -0.2) is 14.6 Å². The Morgan fingerprint density at radius 1 is 1.04 bits per heavy atom. The van der Waals surface area contributed by atoms with E-state index in [1.54, 1.807) is 23.4 Å². The molecule has 1 aliphatic rings. The zero-order valence-electron chi connectivity index (χ0n) is 13.2. The minimum atomic E-state index is 0.666. The molecule has 120 valence electrons. The number of benzene rings is 1. The van der Waals surface area contributed by atoms with Gasteiger partial charge in [0, 0.05) is 29.0 Å². The van der Waals surface area contributed by atoms with Gasteiger partial charge in [0.15, 0.2) is 11.7 Å². The highest BCUT2D eigenvalue weighted by Crippen LogP contribution is 2.24. The maximum Gasteiger partial charge on any atom is 0.163 e. The molecule has 0 radical (unpaired) electrons. The Labute approximate surface area is 143 Å². The molecule has 0 spiro atoms. The van der Waals surface area contributed by atoms with Crippen LogP contribution in [0, 0.1) is 0 Å². The van der Waals surface area contributed by atoms with E-state index in [1.165, 1.54) is 6.33 Å². The molecule has 25 heavy (non-hydrogen) atoms. The third-order valence-corrected chi connectivity index (χ3v) is 4.16. The summed E-state index contributed by atoms with van der Waals surface area (Å²) < 4.78 is 1.66. The van der Waals surface area contributed by atoms with E-state index in [0.29, 0.717) is 6.54 Å². The average Bonchev–Trinajstić information content (AvgIpc) is 3.32. The summed E-state index contributed by atoms with van der Waals surface area (Å²) in [7, 11) is 0. The summed E-state index contributed by atoms with van der Waals surface area (Å²) in [5.41, 5.74) is 3.02. The highest BCUT2D eigenvalue weighted by Gasteiger charge is 2.17. The molecule has 7 nitrogen and oxygen atoms in total. The van der Waals surface area contributed by atoms with Gasteiger partial charge in [-0.3, -0.25) is 9.98 Å². The fourth-order valence-corrected chi connectivity index (χ4v) is 2.99. The maximum absolute atomic E-state index is 4.55. The molecule has 0 saturated heterocycles. The fourth-order valence-electron chi connectivity index (χ4n) is 2.99. The van der Waals surface area contributed by atoms with E-state index in [1.807, 2.05) is 24.3 Å². The van der Waals surface area contributed by atoms with Crippen molar-refractivity contribution < 1.29 is 0 Å². The summed E-state index contributed by atoms with van der Waals surface area (Å²) in [4.78, 5) is 17.4. The quantitative estimate of drug-likeness (QED) is 0.612. The Bertz CT molecular complexity index is 1100. The summed E-state index contributed by atoms with van der Waals surface area (Å²) >= 11 is 0. The molecule has 4 aromatic rings. The highest BCUT2D eigenvalue weighted by molar-refractivity contribution is 6.10. The van der Waals surface area contributed by atoms with Gasteiger partial charge in [0.1, 0.15) is 18.3 Å². The number of rotatable bonds is 2. The minimum Gasteiger partial charge on any atom is -0.339 e. The summed E-state index contributed by atoms with van der Waals surface area (Å²) in [5, 5.41) is 9.61. The minimum absolute atomic E-state index is 0.666. The number of aromatic nitrogens is 5. The van der Waals surface area contributed by atoms with Gasteiger partial charge in [0.05, 0.1) is 6.54 Å². The molecule has 0 amide bonds. The summed E-state index contributed by atoms with van der Waals surface area (Å²) in [6, 6.07) is 12.1. The molecule has 1 aromatic carbocycles. The number of nitrogens with one attached hydrogen (secondary N) is 1. The lowest BCUT2D eigenvalue weighted by atomic mass is 10.1. The molecule has 5 rings (SSSR count). The van der Waals surface area contributed by atoms with Gasteiger partial charge in [-0.05, 0) is 35.7 Å². The van der Waals surface area contributed by atoms with Gasteiger partial charge in [0.2, 0.25) is 0 Å². The van der Waals surface area contributed by atoms with Gasteiger partial charge < -0.3 is 5.32 Å². The second-order valence-corrected chi connectivity index (χ2v) is 5.71. The van der Waals surface area contributed by atoms with Crippen LogP contribution in [-0.2, 0) is 6.54 Å². The average molecular weight is 327 g/mol. The predicted molar refractivity (Wildman–Crippen MR) is 94.8 cm³/mol. The molecular formula is C18H13N7. The standard InChI is InChI=1S/C18H13N7/c1-2-13-9-22-17(16(13)20-6-1)24-14-3-4-15-12(8-14)5-7-21-18(15)25-11-19-10-23-25/h1-8,10-11H,9H2,(H,22,24). The Kier molecular flexibility index (Phi) is 3.03. The van der Waals surface area contributed by atoms with Crippen LogP contribution in [0.25, 0.3) is 16.6 Å². The van der Waals surface area contributed by atoms with Crippen molar-refractivity contribution in [3.05, 3.63) is 72.7 Å². The van der Waals surface area contributed by atoms with Crippen LogP contribution >= 0.6 is 0 Å². The zero-order valence-corrected chi connectivity index (χ0v) is 13.2. The molecule has 0 aliphatic carbocycles. The van der Waals surface area contributed by atoms with Crippen LogP contribution in [0.3, 0.4) is 0 Å². The number of hydrogen-bond acceptors (Lipinski definition) is 6. The molecule has 1 aliphatic heterocycles. The van der Waals surface area contributed by atoms with Crippen molar-refractivity contribution in [3.8, 4) is 5.82 Å². The smallest absolute Gasteiger partial charge is 0.163 e. The van der Waals surface area contributed by atoms with Gasteiger partial charge >= 0.3 is 0 Å². The number of amidine groups is 1. The molecule has 3 aromatic heterocycles. The lowest BCUT2D eigenvalue weighted by Gasteiger charge is -2.10. The number of hydrogen-bond donors (Lipinski definition) is 1. The Morgan fingerprint density at radius 3 is 2.96 bits per heavy atom. The van der Waals surface area contributed by atoms with E-state index in [4.69, 9.17) is 0 Å². The number of fused-ring (bicyclic) bond motifs is 2. The van der Waals surface area contributed by atoms with E-state index in [9.17, 15) is 0 Å². The zero-order chi connectivity index (χ0) is 16.6. The van der Waals surface area contributed by atoms with Crippen molar-refractivity contribution in [1.29, 1.82) is 0 Å². The number of anilines is 1. The first-order valence-electron chi connectivity index (χ1n) is 7.88. The first kappa shape index (κ1) is 13.8. The van der Waals surface area contributed by atoms with Gasteiger partial charge in [0.25, 0.3) is 0 Å². The van der Waals surface area contributed by atoms with Crippen LogP contribution in [0.1, 0.15) is 11.3 Å². The molecular weight excluding hydrogens is 314 g/mol. The molecule has 7 heteroatoms. The Hall–Kier alpha value is -3.61. The van der Waals surface area contributed by atoms with E-state index >= 15 is 0 Å². The molecule has 1 N–H and O–H groups in total. The first-order chi connectivity index (χ1) is 12.4. The van der Waals surface area contributed by atoms with Crippen molar-refractivity contribution in [2.24, 2.45) is 4.99 Å². The second-order valence-electron chi connectivity index (χ2n) is 5.71. The van der Waals surface area contributed by atoms with Crippen LogP contribution in [-0.4, -0.2) is 30.6 Å². The van der Waals surface area contributed by atoms with Crippen LogP contribution < -0.4 is 5.32 Å². The fraction of sp³-hybridized carbons (Fsp3) is 0.0556. The predicted octanol–water partition coefficient (Wildman–Crippen LogP) is 2.58. The van der Waals surface area contributed by atoms with Crippen LogP contribution in [0.4, 0.5) is 5.69 Å². The lowest BCUT2D eigenvalue weighted by molar-refractivity contribution is 0.854. The second kappa shape index (κ2) is 5.48. The number of nitrogens with zero attached hydrogens (tertiary/aromatic N) is 6. The summed E-state index contributed by atoms with van der Waals surface area (Å²) in [5.74, 6) is 1.56. The topological polar surface area (TPSA) is 80.9 Å². The summed E-state index contributed by atoms with van der Waals surface area (Å²) in [6.07, 6.45) is 6.70. The largest absolute Gasteiger partial charge is 0.339 e. The first-order valence-corrected chi connectivity index (χ1v) is 7.88. The molecule has 0 saturated carbocycles. The van der Waals surface area contributed by atoms with Crippen molar-refractivity contribution in [2.45, 2.75) is 6.54 Å². The number of aliphatic imine (C=N–C) groups is 1. The Balaban J connectivity index is 1.52. The summed E-state index contributed by atoms with van der Waals surface area (Å²) in [6.45, 7) is 0.666. The van der Waals surface area contributed by atoms with Crippen LogP contribution in [0.5, 0.6) is 0 Å². The van der Waals surface area contributed by atoms with E-state index in [2.05, 4.69) is 42.5 Å². The normalized spacial score (nSPS) is 12.9. The van der Waals surface area contributed by atoms with E-state index in [0.717, 1.165) is 39.4 Å². The van der Waals surface area contributed by atoms with Gasteiger partial charge in [-0.1, -0.05) is 6.07 Å². The SMILES string of the molecule is c1cnc2c(c1)CN=C2Nc1ccc2c(-n3cncn3)nccc2c1. The molecule has 0 atom stereocenters. The third kappa shape index (κ3) is 2.33. The van der Waals surface area contributed by atoms with E-state index < -0.39 is 0 Å². The van der Waals surface area contributed by atoms with Crippen molar-refractivity contribution in [2.75, 3.05) is 5.32 Å². The van der Waals surface area contributed by atoms with E-state index in [-0.39, 0.29) is 0 Å². The third-order valence-electron chi connectivity index (χ3n) is 4.16. The number of pyridine rings is 2. The molecule has 4 heterocycles. The van der Waals surface area contributed by atoms with Crippen molar-refractivity contribution in [1.82, 2.24) is 24.7 Å². The van der Waals surface area contributed by atoms with Crippen LogP contribution in [0.2, 0.25) is 0 Å². The van der Waals surface area contributed by atoms with Crippen LogP contribution in [0.15, 0.2) is 66.4 Å². The molecule has 0 bridgehead atoms. The van der Waals surface area contributed by atoms with Crippen molar-refractivity contribution in [3.63, 3.8) is 0 Å². The van der Waals surface area contributed by atoms with Crippen molar-refractivity contribution >= 4 is 22.3 Å². The maximum atomic E-state index is 4.55. The van der Waals surface area contributed by atoms with Gasteiger partial charge in [-0.15, -0.1) is 0 Å². The molecule has 0 fully saturated rings. The molecule has 0 unspecified atom stereocenters. The monoisotopic (exact) mass is 327 g/mol. The highest BCUT2D eigenvalue weighted by atomic mass is 15.3. The van der Waals surface area contributed by atoms with Gasteiger partial charge in [-0.2, -0.15) is 5.10 Å². The Morgan fingerprint density at radius 2 is 2.04 bits per heavy atom.